The van der Waals surface area contributed by atoms with Crippen LogP contribution in [0.15, 0.2) is 12.2 Å². The molecule has 5 heteroatoms. The first-order valence-electron chi connectivity index (χ1n) is 5.11. The van der Waals surface area contributed by atoms with Crippen LogP contribution in [-0.2, 0) is 14.4 Å². The van der Waals surface area contributed by atoms with Crippen molar-refractivity contribution in [2.24, 2.45) is 5.90 Å². The van der Waals surface area contributed by atoms with Gasteiger partial charge < -0.3 is 4.84 Å². The van der Waals surface area contributed by atoms with Crippen molar-refractivity contribution in [2.45, 2.75) is 25.7 Å². The molecule has 0 atom stereocenters. The molecule has 0 spiro atoms. The summed E-state index contributed by atoms with van der Waals surface area (Å²) in [6.45, 7) is 1.07. The molecule has 0 bridgehead atoms. The molecule has 1 rings (SSSR count). The number of carbonyl (C=O) groups excluding carboxylic acids is 2. The highest BCUT2D eigenvalue weighted by Crippen LogP contribution is 2.07. The first kappa shape index (κ1) is 11.9. The van der Waals surface area contributed by atoms with Gasteiger partial charge in [0.1, 0.15) is 0 Å². The number of carbonyl (C=O) groups is 2. The van der Waals surface area contributed by atoms with E-state index in [0.717, 1.165) is 25.7 Å². The number of nitrogens with two attached hydrogens (primary N) is 1. The van der Waals surface area contributed by atoms with Crippen molar-refractivity contribution < 1.29 is 14.4 Å². The van der Waals surface area contributed by atoms with Crippen molar-refractivity contribution in [1.82, 2.24) is 4.90 Å². The Kier molecular flexibility index (Phi) is 5.00. The lowest BCUT2D eigenvalue weighted by molar-refractivity contribution is -0.136. The van der Waals surface area contributed by atoms with E-state index in [1.165, 1.54) is 17.1 Å². The van der Waals surface area contributed by atoms with E-state index in [1.54, 1.807) is 0 Å². The molecular weight excluding hydrogens is 196 g/mol. The summed E-state index contributed by atoms with van der Waals surface area (Å²) in [4.78, 5) is 28.0. The largest absolute Gasteiger partial charge is 0.305 e. The van der Waals surface area contributed by atoms with Crippen molar-refractivity contribution in [3.8, 4) is 0 Å². The minimum Gasteiger partial charge on any atom is -0.305 e. The van der Waals surface area contributed by atoms with Gasteiger partial charge in [0, 0.05) is 18.7 Å². The Balaban J connectivity index is 2.05. The SMILES string of the molecule is NOCCCCCCN1C(=O)C=CC1=O. The molecule has 0 saturated heterocycles. The predicted molar refractivity (Wildman–Crippen MR) is 54.5 cm³/mol. The molecule has 84 valence electrons. The van der Waals surface area contributed by atoms with E-state index in [2.05, 4.69) is 4.84 Å². The fourth-order valence-corrected chi connectivity index (χ4v) is 1.46. The van der Waals surface area contributed by atoms with Crippen molar-refractivity contribution in [2.75, 3.05) is 13.2 Å². The zero-order chi connectivity index (χ0) is 11.1. The number of hydrogen-bond acceptors (Lipinski definition) is 4. The van der Waals surface area contributed by atoms with Crippen LogP contribution in [0.25, 0.3) is 0 Å². The van der Waals surface area contributed by atoms with Crippen LogP contribution in [0, 0.1) is 0 Å². The van der Waals surface area contributed by atoms with Crippen LogP contribution in [0.2, 0.25) is 0 Å². The van der Waals surface area contributed by atoms with Gasteiger partial charge in [-0.1, -0.05) is 12.8 Å². The van der Waals surface area contributed by atoms with E-state index in [1.807, 2.05) is 0 Å². The Morgan fingerprint density at radius 2 is 1.67 bits per heavy atom. The summed E-state index contributed by atoms with van der Waals surface area (Å²) in [6.07, 6.45) is 6.34. The molecule has 2 N–H and O–H groups in total. The lowest BCUT2D eigenvalue weighted by Crippen LogP contribution is -2.30. The van der Waals surface area contributed by atoms with Gasteiger partial charge in [-0.05, 0) is 12.8 Å². The summed E-state index contributed by atoms with van der Waals surface area (Å²) in [7, 11) is 0. The van der Waals surface area contributed by atoms with Gasteiger partial charge in [-0.3, -0.25) is 14.5 Å². The normalized spacial score (nSPS) is 15.4. The quantitative estimate of drug-likeness (QED) is 0.376. The third kappa shape index (κ3) is 3.81. The van der Waals surface area contributed by atoms with Crippen LogP contribution < -0.4 is 5.90 Å². The third-order valence-electron chi connectivity index (χ3n) is 2.29. The van der Waals surface area contributed by atoms with Gasteiger partial charge in [-0.15, -0.1) is 0 Å². The minimum absolute atomic E-state index is 0.203. The predicted octanol–water partition coefficient (Wildman–Crippen LogP) is 0.362. The molecule has 0 unspecified atom stereocenters. The molecule has 15 heavy (non-hydrogen) atoms. The molecule has 0 aromatic carbocycles. The highest BCUT2D eigenvalue weighted by atomic mass is 16.6. The fraction of sp³-hybridized carbons (Fsp3) is 0.600. The molecule has 0 saturated carbocycles. The molecule has 0 aromatic rings. The molecule has 0 aromatic heterocycles. The molecule has 1 aliphatic rings. The van der Waals surface area contributed by atoms with E-state index < -0.39 is 0 Å². The number of amides is 2. The Morgan fingerprint density at radius 1 is 1.07 bits per heavy atom. The van der Waals surface area contributed by atoms with Gasteiger partial charge >= 0.3 is 0 Å². The number of imide groups is 1. The Bertz CT molecular complexity index is 245. The van der Waals surface area contributed by atoms with Gasteiger partial charge in [-0.2, -0.15) is 0 Å². The van der Waals surface area contributed by atoms with Crippen LogP contribution in [-0.4, -0.2) is 29.9 Å². The zero-order valence-electron chi connectivity index (χ0n) is 8.65. The van der Waals surface area contributed by atoms with Crippen LogP contribution in [0.1, 0.15) is 25.7 Å². The zero-order valence-corrected chi connectivity index (χ0v) is 8.65. The maximum Gasteiger partial charge on any atom is 0.253 e. The number of nitrogens with zero attached hydrogens (tertiary/aromatic N) is 1. The van der Waals surface area contributed by atoms with Gasteiger partial charge in [-0.25, -0.2) is 5.90 Å². The fourth-order valence-electron chi connectivity index (χ4n) is 1.46. The van der Waals surface area contributed by atoms with E-state index in [9.17, 15) is 9.59 Å². The summed E-state index contributed by atoms with van der Waals surface area (Å²) in [5.41, 5.74) is 0. The van der Waals surface area contributed by atoms with E-state index >= 15 is 0 Å². The van der Waals surface area contributed by atoms with Gasteiger partial charge in [0.05, 0.1) is 6.61 Å². The summed E-state index contributed by atoms with van der Waals surface area (Å²) < 4.78 is 0. The highest BCUT2D eigenvalue weighted by Gasteiger charge is 2.21. The second kappa shape index (κ2) is 6.31. The van der Waals surface area contributed by atoms with Crippen LogP contribution >= 0.6 is 0 Å². The van der Waals surface area contributed by atoms with Gasteiger partial charge in [0.25, 0.3) is 11.8 Å². The lowest BCUT2D eigenvalue weighted by Gasteiger charge is -2.12. The molecule has 5 nitrogen and oxygen atoms in total. The highest BCUT2D eigenvalue weighted by molar-refractivity contribution is 6.12. The monoisotopic (exact) mass is 212 g/mol. The summed E-state index contributed by atoms with van der Waals surface area (Å²) in [5.74, 6) is 4.47. The first-order chi connectivity index (χ1) is 7.25. The van der Waals surface area contributed by atoms with Crippen LogP contribution in [0.5, 0.6) is 0 Å². The Morgan fingerprint density at radius 3 is 2.27 bits per heavy atom. The third-order valence-corrected chi connectivity index (χ3v) is 2.29. The van der Waals surface area contributed by atoms with Crippen LogP contribution in [0.3, 0.4) is 0 Å². The Labute approximate surface area is 88.8 Å². The molecule has 1 aliphatic heterocycles. The summed E-state index contributed by atoms with van der Waals surface area (Å²) in [5, 5.41) is 0. The van der Waals surface area contributed by atoms with Crippen molar-refractivity contribution in [3.63, 3.8) is 0 Å². The van der Waals surface area contributed by atoms with E-state index in [-0.39, 0.29) is 11.8 Å². The minimum atomic E-state index is -0.203. The average molecular weight is 212 g/mol. The Hall–Kier alpha value is -1.20. The van der Waals surface area contributed by atoms with Crippen molar-refractivity contribution in [1.29, 1.82) is 0 Å². The smallest absolute Gasteiger partial charge is 0.253 e. The maximum atomic E-state index is 11.1. The molecular formula is C10H16N2O3. The summed E-state index contributed by atoms with van der Waals surface area (Å²) in [6, 6.07) is 0. The van der Waals surface area contributed by atoms with Gasteiger partial charge in [0.2, 0.25) is 0 Å². The van der Waals surface area contributed by atoms with Crippen LogP contribution in [0.4, 0.5) is 0 Å². The lowest BCUT2D eigenvalue weighted by atomic mass is 10.2. The maximum absolute atomic E-state index is 11.1. The topological polar surface area (TPSA) is 72.6 Å². The van der Waals surface area contributed by atoms with Gasteiger partial charge in [0.15, 0.2) is 0 Å². The number of unbranched alkanes of at least 4 members (excludes halogenated alkanes) is 3. The first-order valence-corrected chi connectivity index (χ1v) is 5.11. The van der Waals surface area contributed by atoms with Crippen molar-refractivity contribution in [3.05, 3.63) is 12.2 Å². The molecule has 2 amide bonds. The average Bonchev–Trinajstić information content (AvgIpc) is 2.54. The van der Waals surface area contributed by atoms with Crippen molar-refractivity contribution >= 4 is 11.8 Å². The number of hydrogen-bond donors (Lipinski definition) is 1. The molecule has 0 radical (unpaired) electrons. The molecule has 0 aliphatic carbocycles. The second-order valence-corrected chi connectivity index (χ2v) is 3.45. The summed E-state index contributed by atoms with van der Waals surface area (Å²) >= 11 is 0. The second-order valence-electron chi connectivity index (χ2n) is 3.45. The molecule has 0 fully saturated rings. The standard InChI is InChI=1S/C10H16N2O3/c11-15-8-4-2-1-3-7-12-9(13)5-6-10(12)14/h5-6H,1-4,7-8,11H2. The molecule has 1 heterocycles. The number of rotatable bonds is 7. The van der Waals surface area contributed by atoms with E-state index in [4.69, 9.17) is 5.90 Å². The van der Waals surface area contributed by atoms with E-state index in [0.29, 0.717) is 13.2 Å².